The third-order valence-corrected chi connectivity index (χ3v) is 5.81. The van der Waals surface area contributed by atoms with Gasteiger partial charge >= 0.3 is 0 Å². The van der Waals surface area contributed by atoms with Crippen LogP contribution in [0.3, 0.4) is 0 Å². The Labute approximate surface area is 183 Å². The lowest BCUT2D eigenvalue weighted by Crippen LogP contribution is -2.24. The van der Waals surface area contributed by atoms with Crippen molar-refractivity contribution in [2.75, 3.05) is 6.54 Å². The van der Waals surface area contributed by atoms with Crippen molar-refractivity contribution < 1.29 is 9.18 Å². The van der Waals surface area contributed by atoms with Crippen molar-refractivity contribution in [3.05, 3.63) is 81.6 Å². The fraction of sp³-hybridized carbons (Fsp3) is 0.360. The number of fused-ring (bicyclic) bond motifs is 1. The van der Waals surface area contributed by atoms with Crippen molar-refractivity contribution in [3.63, 3.8) is 0 Å². The zero-order valence-corrected chi connectivity index (χ0v) is 18.8. The van der Waals surface area contributed by atoms with Crippen LogP contribution in [0.1, 0.15) is 51.2 Å². The molecule has 1 saturated heterocycles. The Hall–Kier alpha value is -3.15. The van der Waals surface area contributed by atoms with E-state index < -0.39 is 0 Å². The molecule has 0 saturated carbocycles. The van der Waals surface area contributed by atoms with Crippen LogP contribution in [0.2, 0.25) is 0 Å². The Morgan fingerprint density at radius 2 is 2.00 bits per heavy atom. The number of nitrogens with one attached hydrogen (secondary N) is 4. The maximum atomic E-state index is 14.8. The second kappa shape index (κ2) is 9.33. The molecule has 1 aliphatic heterocycles. The van der Waals surface area contributed by atoms with Crippen LogP contribution in [0.15, 0.2) is 64.7 Å². The van der Waals surface area contributed by atoms with E-state index in [0.717, 1.165) is 35.5 Å². The summed E-state index contributed by atoms with van der Waals surface area (Å²) >= 11 is 0. The lowest BCUT2D eigenvalue weighted by molar-refractivity contribution is -0.115. The topological polar surface area (TPSA) is 77.0 Å². The van der Waals surface area contributed by atoms with Gasteiger partial charge in [-0.2, -0.15) is 0 Å². The van der Waals surface area contributed by atoms with Gasteiger partial charge in [0.05, 0.1) is 5.57 Å². The van der Waals surface area contributed by atoms with Crippen LogP contribution in [0.25, 0.3) is 0 Å². The smallest absolute Gasteiger partial charge is 0.258 e. The minimum absolute atomic E-state index is 0.0891. The van der Waals surface area contributed by atoms with E-state index in [1.165, 1.54) is 6.07 Å². The number of benzene rings is 1. The zero-order valence-electron chi connectivity index (χ0n) is 18.8. The number of carbonyl (C=O) groups is 1. The Kier molecular flexibility index (Phi) is 6.78. The molecule has 31 heavy (non-hydrogen) atoms. The predicted octanol–water partition coefficient (Wildman–Crippen LogP) is 4.55. The van der Waals surface area contributed by atoms with Crippen molar-refractivity contribution in [1.29, 1.82) is 5.41 Å². The molecule has 1 aliphatic carbocycles. The number of rotatable bonds is 6. The number of aryl methyl sites for hydroxylation is 1. The van der Waals surface area contributed by atoms with E-state index in [-0.39, 0.29) is 29.4 Å². The van der Waals surface area contributed by atoms with E-state index in [9.17, 15) is 9.18 Å². The number of amidine groups is 1. The quantitative estimate of drug-likeness (QED) is 0.309. The lowest BCUT2D eigenvalue weighted by atomic mass is 9.76. The molecule has 1 heterocycles. The van der Waals surface area contributed by atoms with E-state index in [4.69, 9.17) is 5.41 Å². The molecule has 0 bridgehead atoms. The molecule has 1 fully saturated rings. The largest absolute Gasteiger partial charge is 0.389 e. The van der Waals surface area contributed by atoms with Crippen LogP contribution in [0.4, 0.5) is 4.39 Å². The molecule has 6 heteroatoms. The summed E-state index contributed by atoms with van der Waals surface area (Å²) in [5, 5.41) is 17.3. The van der Waals surface area contributed by atoms with E-state index in [1.54, 1.807) is 19.1 Å². The van der Waals surface area contributed by atoms with Gasteiger partial charge in [0.25, 0.3) is 5.91 Å². The first-order valence-corrected chi connectivity index (χ1v) is 10.8. The highest BCUT2D eigenvalue weighted by Gasteiger charge is 2.36. The third kappa shape index (κ3) is 4.63. The van der Waals surface area contributed by atoms with Crippen LogP contribution in [-0.4, -0.2) is 18.3 Å². The number of hydrogen-bond acceptors (Lipinski definition) is 3. The van der Waals surface area contributed by atoms with Gasteiger partial charge in [0.2, 0.25) is 0 Å². The summed E-state index contributed by atoms with van der Waals surface area (Å²) in [5.41, 5.74) is 5.08. The van der Waals surface area contributed by atoms with Crippen LogP contribution in [0.5, 0.6) is 0 Å². The minimum atomic E-state index is -0.222. The predicted molar refractivity (Wildman–Crippen MR) is 123 cm³/mol. The fourth-order valence-corrected chi connectivity index (χ4v) is 4.39. The Bertz CT molecular complexity index is 1010. The number of halogens is 1. The number of carbonyl (C=O) groups excluding carboxylic acids is 1. The molecule has 3 rings (SSSR count). The van der Waals surface area contributed by atoms with Crippen LogP contribution in [-0.2, 0) is 4.79 Å². The standard InChI is InChI=1S/C25H31FN4O/c1-6-17-12-21-19(13-18(17)23-14(3)9-8-10-20(23)26)24(25(31)30-21)16(5)29-22(27)11-15(4)28-7-2/h8-13,17-18,28H,6-7H2,1-5H3,(H2,27,29)(H,30,31)/b15-11-,24-16-. The average Bonchev–Trinajstić information content (AvgIpc) is 3.01. The monoisotopic (exact) mass is 422 g/mol. The van der Waals surface area contributed by atoms with E-state index in [2.05, 4.69) is 22.9 Å². The van der Waals surface area contributed by atoms with Crippen LogP contribution in [0, 0.1) is 24.1 Å². The lowest BCUT2D eigenvalue weighted by Gasteiger charge is -2.28. The van der Waals surface area contributed by atoms with Crippen LogP contribution >= 0.6 is 0 Å². The first kappa shape index (κ1) is 22.5. The highest BCUT2D eigenvalue weighted by molar-refractivity contribution is 6.06. The Morgan fingerprint density at radius 3 is 2.65 bits per heavy atom. The van der Waals surface area contributed by atoms with Gasteiger partial charge < -0.3 is 16.0 Å². The molecule has 5 nitrogen and oxygen atoms in total. The number of hydrogen-bond donors (Lipinski definition) is 4. The molecule has 164 valence electrons. The van der Waals surface area contributed by atoms with Gasteiger partial charge in [-0.15, -0.1) is 0 Å². The summed E-state index contributed by atoms with van der Waals surface area (Å²) in [6, 6.07) is 5.14. The van der Waals surface area contributed by atoms with Crippen molar-refractivity contribution in [2.24, 2.45) is 5.92 Å². The van der Waals surface area contributed by atoms with Crippen molar-refractivity contribution in [1.82, 2.24) is 16.0 Å². The molecule has 1 amide bonds. The van der Waals surface area contributed by atoms with Crippen LogP contribution < -0.4 is 16.0 Å². The number of amides is 1. The second-order valence-electron chi connectivity index (χ2n) is 8.08. The molecule has 0 radical (unpaired) electrons. The first-order valence-electron chi connectivity index (χ1n) is 10.8. The molecule has 2 unspecified atom stereocenters. The molecule has 0 spiro atoms. The molecule has 1 aromatic rings. The van der Waals surface area contributed by atoms with Gasteiger partial charge in [0.1, 0.15) is 11.7 Å². The summed E-state index contributed by atoms with van der Waals surface area (Å²) in [7, 11) is 0. The second-order valence-corrected chi connectivity index (χ2v) is 8.08. The molecule has 2 atom stereocenters. The molecule has 2 aliphatic rings. The number of allylic oxidation sites excluding steroid dienone is 5. The maximum Gasteiger partial charge on any atom is 0.258 e. The molecule has 4 N–H and O–H groups in total. The van der Waals surface area contributed by atoms with E-state index in [0.29, 0.717) is 16.8 Å². The van der Waals surface area contributed by atoms with Crippen molar-refractivity contribution in [3.8, 4) is 0 Å². The third-order valence-electron chi connectivity index (χ3n) is 5.81. The van der Waals surface area contributed by atoms with Gasteiger partial charge in [-0.05, 0) is 63.3 Å². The van der Waals surface area contributed by atoms with E-state index >= 15 is 0 Å². The molecule has 0 aromatic heterocycles. The molecular formula is C25H31FN4O. The fourth-order valence-electron chi connectivity index (χ4n) is 4.39. The SMILES string of the molecule is CCN/C(C)=C\C(=N)N/C(C)=C1\C(=O)NC2=CC(CC)C(c3c(C)cccc3F)C=C21. The Balaban J connectivity index is 2.01. The molecule has 1 aromatic carbocycles. The van der Waals surface area contributed by atoms with Gasteiger partial charge in [0, 0.05) is 35.1 Å². The van der Waals surface area contributed by atoms with Gasteiger partial charge in [0.15, 0.2) is 0 Å². The Morgan fingerprint density at radius 1 is 1.26 bits per heavy atom. The van der Waals surface area contributed by atoms with Crippen molar-refractivity contribution in [2.45, 2.75) is 47.0 Å². The summed E-state index contributed by atoms with van der Waals surface area (Å²) in [6.07, 6.45) is 6.57. The summed E-state index contributed by atoms with van der Waals surface area (Å²) < 4.78 is 14.8. The highest BCUT2D eigenvalue weighted by atomic mass is 19.1. The van der Waals surface area contributed by atoms with Gasteiger partial charge in [-0.3, -0.25) is 10.2 Å². The maximum absolute atomic E-state index is 14.8. The van der Waals surface area contributed by atoms with Crippen molar-refractivity contribution >= 4 is 11.7 Å². The molecular weight excluding hydrogens is 391 g/mol. The van der Waals surface area contributed by atoms with E-state index in [1.807, 2.05) is 39.0 Å². The van der Waals surface area contributed by atoms with Gasteiger partial charge in [-0.1, -0.05) is 31.2 Å². The summed E-state index contributed by atoms with van der Waals surface area (Å²) in [6.45, 7) is 10.4. The first-order chi connectivity index (χ1) is 14.8. The normalized spacial score (nSPS) is 22.3. The minimum Gasteiger partial charge on any atom is -0.389 e. The van der Waals surface area contributed by atoms with Gasteiger partial charge in [-0.25, -0.2) is 4.39 Å². The zero-order chi connectivity index (χ0) is 22.7. The highest BCUT2D eigenvalue weighted by Crippen LogP contribution is 2.42. The summed E-state index contributed by atoms with van der Waals surface area (Å²) in [5.74, 6) is -0.302. The average molecular weight is 423 g/mol. The summed E-state index contributed by atoms with van der Waals surface area (Å²) in [4.78, 5) is 12.8.